The maximum absolute atomic E-state index is 12.1. The summed E-state index contributed by atoms with van der Waals surface area (Å²) < 4.78 is 11.0. The van der Waals surface area contributed by atoms with Gasteiger partial charge in [0.1, 0.15) is 0 Å². The van der Waals surface area contributed by atoms with E-state index in [9.17, 15) is 4.79 Å². The molecule has 1 rings (SSSR count). The Morgan fingerprint density at radius 3 is 2.45 bits per heavy atom. The number of nitrogens with one attached hydrogen (secondary N) is 2. The zero-order chi connectivity index (χ0) is 15.0. The highest BCUT2D eigenvalue weighted by Crippen LogP contribution is 2.28. The Hall–Kier alpha value is -1.75. The average molecular weight is 280 g/mol. The van der Waals surface area contributed by atoms with E-state index in [-0.39, 0.29) is 11.9 Å². The van der Waals surface area contributed by atoms with Crippen molar-refractivity contribution < 1.29 is 14.3 Å². The van der Waals surface area contributed by atoms with Gasteiger partial charge in [-0.05, 0) is 46.0 Å². The molecule has 0 radical (unpaired) electrons. The molecular weight excluding hydrogens is 256 g/mol. The molecule has 5 heteroatoms. The molecule has 0 aliphatic heterocycles. The van der Waals surface area contributed by atoms with Gasteiger partial charge in [-0.15, -0.1) is 0 Å². The lowest BCUT2D eigenvalue weighted by molar-refractivity contribution is 0.0950. The topological polar surface area (TPSA) is 59.6 Å². The summed E-state index contributed by atoms with van der Waals surface area (Å²) in [7, 11) is 1.86. The third-order valence-corrected chi connectivity index (χ3v) is 2.87. The van der Waals surface area contributed by atoms with Gasteiger partial charge >= 0.3 is 0 Å². The molecular formula is C15H24N2O3. The van der Waals surface area contributed by atoms with E-state index in [4.69, 9.17) is 9.47 Å². The summed E-state index contributed by atoms with van der Waals surface area (Å²) in [6, 6.07) is 5.46. The van der Waals surface area contributed by atoms with Crippen LogP contribution >= 0.6 is 0 Å². The Bertz CT molecular complexity index is 435. The molecule has 0 aliphatic rings. The Balaban J connectivity index is 2.79. The first-order chi connectivity index (χ1) is 9.62. The highest BCUT2D eigenvalue weighted by molar-refractivity contribution is 5.94. The van der Waals surface area contributed by atoms with Gasteiger partial charge < -0.3 is 20.1 Å². The Morgan fingerprint density at radius 1 is 1.20 bits per heavy atom. The fourth-order valence-corrected chi connectivity index (χ4v) is 1.64. The fraction of sp³-hybridized carbons (Fsp3) is 0.533. The van der Waals surface area contributed by atoms with Crippen molar-refractivity contribution in [2.75, 3.05) is 26.8 Å². The monoisotopic (exact) mass is 280 g/mol. The van der Waals surface area contributed by atoms with E-state index < -0.39 is 0 Å². The van der Waals surface area contributed by atoms with Gasteiger partial charge in [0, 0.05) is 18.2 Å². The lowest BCUT2D eigenvalue weighted by atomic mass is 10.2. The Morgan fingerprint density at radius 2 is 1.85 bits per heavy atom. The molecule has 1 aromatic rings. The second kappa shape index (κ2) is 8.43. The second-order valence-electron chi connectivity index (χ2n) is 4.43. The maximum atomic E-state index is 12.1. The summed E-state index contributed by atoms with van der Waals surface area (Å²) in [6.45, 7) is 7.48. The first-order valence-electron chi connectivity index (χ1n) is 6.97. The minimum atomic E-state index is -0.115. The van der Waals surface area contributed by atoms with Crippen molar-refractivity contribution in [2.45, 2.75) is 26.8 Å². The third kappa shape index (κ3) is 4.74. The maximum Gasteiger partial charge on any atom is 0.251 e. The summed E-state index contributed by atoms with van der Waals surface area (Å²) in [6.07, 6.45) is 0. The van der Waals surface area contributed by atoms with Gasteiger partial charge in [0.05, 0.1) is 13.2 Å². The molecule has 0 bridgehead atoms. The molecule has 1 unspecified atom stereocenters. The predicted octanol–water partition coefficient (Wildman–Crippen LogP) is 1.82. The molecule has 1 aromatic carbocycles. The SMILES string of the molecule is CCOc1ccc(C(=O)NCC(C)NC)cc1OCC. The number of rotatable bonds is 8. The summed E-state index contributed by atoms with van der Waals surface area (Å²) >= 11 is 0. The van der Waals surface area contributed by atoms with Crippen LogP contribution in [0.25, 0.3) is 0 Å². The first kappa shape index (κ1) is 16.3. The zero-order valence-corrected chi connectivity index (χ0v) is 12.7. The van der Waals surface area contributed by atoms with Gasteiger partial charge in [0.25, 0.3) is 5.91 Å². The van der Waals surface area contributed by atoms with Gasteiger partial charge in [0.15, 0.2) is 11.5 Å². The largest absolute Gasteiger partial charge is 0.490 e. The van der Waals surface area contributed by atoms with Crippen LogP contribution in [0.5, 0.6) is 11.5 Å². The van der Waals surface area contributed by atoms with Gasteiger partial charge in [-0.2, -0.15) is 0 Å². The van der Waals surface area contributed by atoms with Crippen molar-refractivity contribution in [3.05, 3.63) is 23.8 Å². The van der Waals surface area contributed by atoms with Crippen molar-refractivity contribution >= 4 is 5.91 Å². The van der Waals surface area contributed by atoms with Crippen LogP contribution in [0.4, 0.5) is 0 Å². The number of benzene rings is 1. The van der Waals surface area contributed by atoms with Crippen molar-refractivity contribution in [2.24, 2.45) is 0 Å². The van der Waals surface area contributed by atoms with Crippen molar-refractivity contribution in [3.8, 4) is 11.5 Å². The van der Waals surface area contributed by atoms with E-state index >= 15 is 0 Å². The highest BCUT2D eigenvalue weighted by atomic mass is 16.5. The standard InChI is InChI=1S/C15H24N2O3/c1-5-19-13-8-7-12(9-14(13)20-6-2)15(18)17-10-11(3)16-4/h7-9,11,16H,5-6,10H2,1-4H3,(H,17,18). The van der Waals surface area contributed by atoms with Crippen LogP contribution in [0.3, 0.4) is 0 Å². The van der Waals surface area contributed by atoms with E-state index in [0.717, 1.165) is 0 Å². The molecule has 112 valence electrons. The molecule has 0 fully saturated rings. The molecule has 0 aliphatic carbocycles. The van der Waals surface area contributed by atoms with Gasteiger partial charge in [-0.25, -0.2) is 0 Å². The normalized spacial score (nSPS) is 11.8. The minimum absolute atomic E-state index is 0.115. The van der Waals surface area contributed by atoms with Gasteiger partial charge in [-0.3, -0.25) is 4.79 Å². The molecule has 0 spiro atoms. The number of hydrogen-bond acceptors (Lipinski definition) is 4. The van der Waals surface area contributed by atoms with Crippen LogP contribution in [0.15, 0.2) is 18.2 Å². The number of likely N-dealkylation sites (N-methyl/N-ethyl adjacent to an activating group) is 1. The second-order valence-corrected chi connectivity index (χ2v) is 4.43. The average Bonchev–Trinajstić information content (AvgIpc) is 2.46. The zero-order valence-electron chi connectivity index (χ0n) is 12.7. The van der Waals surface area contributed by atoms with E-state index in [1.54, 1.807) is 18.2 Å². The number of carbonyl (C=O) groups excluding carboxylic acids is 1. The van der Waals surface area contributed by atoms with E-state index in [1.807, 2.05) is 27.8 Å². The molecule has 20 heavy (non-hydrogen) atoms. The summed E-state index contributed by atoms with van der Waals surface area (Å²) in [5.74, 6) is 1.15. The van der Waals surface area contributed by atoms with E-state index in [0.29, 0.717) is 36.8 Å². The Kier molecular flexibility index (Phi) is 6.87. The molecule has 0 aromatic heterocycles. The van der Waals surface area contributed by atoms with Crippen LogP contribution in [0, 0.1) is 0 Å². The predicted molar refractivity (Wildman–Crippen MR) is 79.6 cm³/mol. The van der Waals surface area contributed by atoms with E-state index in [1.165, 1.54) is 0 Å². The Labute approximate surface area is 120 Å². The summed E-state index contributed by atoms with van der Waals surface area (Å²) in [4.78, 5) is 12.1. The van der Waals surface area contributed by atoms with Crippen LogP contribution in [0.2, 0.25) is 0 Å². The molecule has 0 saturated carbocycles. The molecule has 5 nitrogen and oxygen atoms in total. The summed E-state index contributed by atoms with van der Waals surface area (Å²) in [5.41, 5.74) is 0.570. The molecule has 0 heterocycles. The van der Waals surface area contributed by atoms with Crippen molar-refractivity contribution in [1.29, 1.82) is 0 Å². The molecule has 0 saturated heterocycles. The van der Waals surface area contributed by atoms with Crippen LogP contribution in [-0.4, -0.2) is 38.8 Å². The third-order valence-electron chi connectivity index (χ3n) is 2.87. The molecule has 1 amide bonds. The summed E-state index contributed by atoms with van der Waals surface area (Å²) in [5, 5.41) is 5.94. The van der Waals surface area contributed by atoms with Crippen LogP contribution < -0.4 is 20.1 Å². The minimum Gasteiger partial charge on any atom is -0.490 e. The lowest BCUT2D eigenvalue weighted by Gasteiger charge is -2.14. The smallest absolute Gasteiger partial charge is 0.251 e. The van der Waals surface area contributed by atoms with Gasteiger partial charge in [0.2, 0.25) is 0 Å². The molecule has 1 atom stereocenters. The highest BCUT2D eigenvalue weighted by Gasteiger charge is 2.11. The number of carbonyl (C=O) groups is 1. The number of hydrogen-bond donors (Lipinski definition) is 2. The first-order valence-corrected chi connectivity index (χ1v) is 6.97. The fourth-order valence-electron chi connectivity index (χ4n) is 1.64. The van der Waals surface area contributed by atoms with Gasteiger partial charge in [-0.1, -0.05) is 0 Å². The van der Waals surface area contributed by atoms with E-state index in [2.05, 4.69) is 10.6 Å². The van der Waals surface area contributed by atoms with Crippen LogP contribution in [0.1, 0.15) is 31.1 Å². The van der Waals surface area contributed by atoms with Crippen LogP contribution in [-0.2, 0) is 0 Å². The lowest BCUT2D eigenvalue weighted by Crippen LogP contribution is -2.37. The van der Waals surface area contributed by atoms with Crippen molar-refractivity contribution in [1.82, 2.24) is 10.6 Å². The number of amides is 1. The van der Waals surface area contributed by atoms with Crippen molar-refractivity contribution in [3.63, 3.8) is 0 Å². The molecule has 2 N–H and O–H groups in total. The number of ether oxygens (including phenoxy) is 2. The quantitative estimate of drug-likeness (QED) is 0.762.